The van der Waals surface area contributed by atoms with Gasteiger partial charge in [0, 0.05) is 29.5 Å². The predicted molar refractivity (Wildman–Crippen MR) is 133 cm³/mol. The smallest absolute Gasteiger partial charge is 0.359 e. The lowest BCUT2D eigenvalue weighted by Crippen LogP contribution is -2.60. The minimum absolute atomic E-state index is 0.0826. The Kier molecular flexibility index (Phi) is 7.33. The third-order valence-electron chi connectivity index (χ3n) is 8.93. The van der Waals surface area contributed by atoms with Gasteiger partial charge in [-0.05, 0) is 55.7 Å². The van der Waals surface area contributed by atoms with E-state index < -0.39 is 17.1 Å². The number of hydrogen-bond donors (Lipinski definition) is 4. The Morgan fingerprint density at radius 3 is 2.40 bits per heavy atom. The molecule has 0 aliphatic carbocycles. The number of esters is 1. The molecule has 1 fully saturated rings. The summed E-state index contributed by atoms with van der Waals surface area (Å²) in [6, 6.07) is 8.45. The molecule has 194 valence electrons. The van der Waals surface area contributed by atoms with E-state index in [2.05, 4.69) is 17.9 Å². The Morgan fingerprint density at radius 1 is 1.14 bits per heavy atom. The van der Waals surface area contributed by atoms with Crippen molar-refractivity contribution < 1.29 is 30.0 Å². The quantitative estimate of drug-likeness (QED) is 0.461. The van der Waals surface area contributed by atoms with E-state index in [9.17, 15) is 9.90 Å². The van der Waals surface area contributed by atoms with Gasteiger partial charge >= 0.3 is 5.97 Å². The van der Waals surface area contributed by atoms with Crippen LogP contribution < -0.4 is 0 Å². The number of fused-ring (bicyclic) bond motifs is 3. The van der Waals surface area contributed by atoms with Crippen LogP contribution in [0.25, 0.3) is 10.9 Å². The zero-order chi connectivity index (χ0) is 25.4. The van der Waals surface area contributed by atoms with Crippen molar-refractivity contribution in [3.63, 3.8) is 0 Å². The van der Waals surface area contributed by atoms with E-state index in [4.69, 9.17) is 20.1 Å². The highest BCUT2D eigenvalue weighted by Crippen LogP contribution is 2.60. The molecule has 2 aromatic rings. The standard InChI is InChI=1S/C21H26N2O3.C6H14O3/c1-3-20-10-6-11-22-12-9-15-14-7-4-5-8-16(14)23(17(15)18(20)22)21(25,13-20)19(24)26-2;1-2-6(3-7,4-8)5-9/h4-5,7-8,18,25H,3,6,9-13H2,1-2H3;7-9H,2-5H2,1H3/t18-,20+,21+;/m1./s1. The van der Waals surface area contributed by atoms with Gasteiger partial charge in [0.1, 0.15) is 0 Å². The van der Waals surface area contributed by atoms with E-state index in [1.54, 1.807) is 0 Å². The van der Waals surface area contributed by atoms with E-state index in [-0.39, 0.29) is 31.3 Å². The number of aliphatic hydroxyl groups is 4. The fraction of sp³-hybridized carbons (Fsp3) is 0.667. The lowest BCUT2D eigenvalue weighted by Gasteiger charge is -2.57. The summed E-state index contributed by atoms with van der Waals surface area (Å²) in [5, 5.41) is 38.9. The van der Waals surface area contributed by atoms with Crippen LogP contribution >= 0.6 is 0 Å². The van der Waals surface area contributed by atoms with Gasteiger partial charge in [-0.25, -0.2) is 4.79 Å². The van der Waals surface area contributed by atoms with Crippen LogP contribution in [0.15, 0.2) is 24.3 Å². The molecule has 4 heterocycles. The number of rotatable bonds is 6. The Labute approximate surface area is 207 Å². The van der Waals surface area contributed by atoms with E-state index >= 15 is 0 Å². The number of aromatic nitrogens is 1. The summed E-state index contributed by atoms with van der Waals surface area (Å²) < 4.78 is 7.01. The first-order chi connectivity index (χ1) is 16.8. The zero-order valence-electron chi connectivity index (χ0n) is 21.2. The highest BCUT2D eigenvalue weighted by atomic mass is 16.5. The second-order valence-electron chi connectivity index (χ2n) is 10.5. The summed E-state index contributed by atoms with van der Waals surface area (Å²) >= 11 is 0. The maximum absolute atomic E-state index is 12.8. The number of benzene rings is 1. The summed E-state index contributed by atoms with van der Waals surface area (Å²) in [5.74, 6) is -0.546. The minimum Gasteiger partial charge on any atom is -0.465 e. The van der Waals surface area contributed by atoms with Crippen LogP contribution in [-0.4, -0.2) is 75.9 Å². The number of piperidine rings is 1. The molecule has 3 aliphatic rings. The molecule has 0 unspecified atom stereocenters. The van der Waals surface area contributed by atoms with Gasteiger partial charge in [0.15, 0.2) is 0 Å². The molecular weight excluding hydrogens is 448 g/mol. The van der Waals surface area contributed by atoms with Gasteiger partial charge in [-0.1, -0.05) is 32.0 Å². The maximum atomic E-state index is 12.8. The van der Waals surface area contributed by atoms with Gasteiger partial charge < -0.3 is 29.7 Å². The number of carbonyl (C=O) groups excluding carboxylic acids is 1. The molecule has 0 amide bonds. The van der Waals surface area contributed by atoms with E-state index in [1.807, 2.05) is 29.7 Å². The number of aliphatic hydroxyl groups excluding tert-OH is 3. The lowest BCUT2D eigenvalue weighted by atomic mass is 9.62. The lowest BCUT2D eigenvalue weighted by molar-refractivity contribution is -0.194. The second-order valence-corrected chi connectivity index (χ2v) is 10.5. The average molecular weight is 489 g/mol. The van der Waals surface area contributed by atoms with Crippen molar-refractivity contribution in [2.45, 2.75) is 64.1 Å². The molecule has 1 aromatic heterocycles. The molecule has 3 aliphatic heterocycles. The first-order valence-corrected chi connectivity index (χ1v) is 12.8. The van der Waals surface area contributed by atoms with Crippen LogP contribution in [0, 0.1) is 10.8 Å². The third kappa shape index (κ3) is 3.90. The Balaban J connectivity index is 0.000000277. The molecule has 5 rings (SSSR count). The number of hydrogen-bond acceptors (Lipinski definition) is 7. The monoisotopic (exact) mass is 488 g/mol. The van der Waals surface area contributed by atoms with Gasteiger partial charge in [0.25, 0.3) is 0 Å². The highest BCUT2D eigenvalue weighted by molar-refractivity contribution is 5.90. The molecule has 0 bridgehead atoms. The molecule has 0 spiro atoms. The molecule has 8 heteroatoms. The first-order valence-electron chi connectivity index (χ1n) is 12.8. The minimum atomic E-state index is -1.63. The predicted octanol–water partition coefficient (Wildman–Crippen LogP) is 2.31. The second kappa shape index (κ2) is 9.82. The van der Waals surface area contributed by atoms with Gasteiger partial charge in [0.2, 0.25) is 5.72 Å². The van der Waals surface area contributed by atoms with Crippen molar-refractivity contribution in [3.05, 3.63) is 35.5 Å². The van der Waals surface area contributed by atoms with Crippen molar-refractivity contribution in [1.29, 1.82) is 0 Å². The number of ether oxygens (including phenoxy) is 1. The average Bonchev–Trinajstić information content (AvgIpc) is 3.25. The largest absolute Gasteiger partial charge is 0.465 e. The van der Waals surface area contributed by atoms with E-state index in [1.165, 1.54) is 18.1 Å². The first kappa shape index (κ1) is 26.1. The number of methoxy groups -OCH3 is 1. The Morgan fingerprint density at radius 2 is 1.83 bits per heavy atom. The summed E-state index contributed by atoms with van der Waals surface area (Å²) in [6.45, 7) is 5.72. The Hall–Kier alpha value is -1.97. The van der Waals surface area contributed by atoms with Crippen LogP contribution in [0.1, 0.15) is 63.3 Å². The van der Waals surface area contributed by atoms with Crippen LogP contribution in [0.4, 0.5) is 0 Å². The molecule has 3 atom stereocenters. The molecule has 0 radical (unpaired) electrons. The normalized spacial score (nSPS) is 27.7. The van der Waals surface area contributed by atoms with Gasteiger partial charge in [-0.15, -0.1) is 0 Å². The summed E-state index contributed by atoms with van der Waals surface area (Å²) in [4.78, 5) is 15.4. The number of para-hydroxylation sites is 1. The molecule has 35 heavy (non-hydrogen) atoms. The number of carbonyl (C=O) groups is 1. The molecule has 4 N–H and O–H groups in total. The van der Waals surface area contributed by atoms with Crippen molar-refractivity contribution >= 4 is 16.9 Å². The van der Waals surface area contributed by atoms with Gasteiger partial charge in [-0.2, -0.15) is 0 Å². The topological polar surface area (TPSA) is 115 Å². The SMILES string of the molecule is CCC(CO)(CO)CO.CC[C@]12CCCN3CCc4c(n(c5ccccc45)[C@@](O)(C(=O)OC)C1)[C@@H]32. The van der Waals surface area contributed by atoms with Crippen LogP contribution in [0.3, 0.4) is 0 Å². The van der Waals surface area contributed by atoms with Crippen molar-refractivity contribution in [1.82, 2.24) is 9.47 Å². The summed E-state index contributed by atoms with van der Waals surface area (Å²) in [6.07, 6.45) is 5.11. The van der Waals surface area contributed by atoms with Gasteiger partial charge in [0.05, 0.1) is 38.5 Å². The van der Waals surface area contributed by atoms with Crippen molar-refractivity contribution in [3.8, 4) is 0 Å². The number of nitrogens with zero attached hydrogens (tertiary/aromatic N) is 2. The van der Waals surface area contributed by atoms with E-state index in [0.29, 0.717) is 12.8 Å². The fourth-order valence-electron chi connectivity index (χ4n) is 6.58. The van der Waals surface area contributed by atoms with Crippen LogP contribution in [-0.2, 0) is 21.7 Å². The van der Waals surface area contributed by atoms with E-state index in [0.717, 1.165) is 50.0 Å². The third-order valence-corrected chi connectivity index (χ3v) is 8.93. The molecule has 1 aromatic carbocycles. The molecular formula is C27H40N2O6. The molecule has 0 saturated carbocycles. The van der Waals surface area contributed by atoms with Crippen molar-refractivity contribution in [2.75, 3.05) is 40.0 Å². The van der Waals surface area contributed by atoms with Gasteiger partial charge in [-0.3, -0.25) is 4.90 Å². The van der Waals surface area contributed by atoms with Crippen molar-refractivity contribution in [2.24, 2.45) is 10.8 Å². The zero-order valence-corrected chi connectivity index (χ0v) is 21.2. The highest BCUT2D eigenvalue weighted by Gasteiger charge is 2.60. The fourth-order valence-corrected chi connectivity index (χ4v) is 6.58. The maximum Gasteiger partial charge on any atom is 0.359 e. The molecule has 1 saturated heterocycles. The summed E-state index contributed by atoms with van der Waals surface area (Å²) in [5.41, 5.74) is 1.03. The Bertz CT molecular complexity index is 1050. The summed E-state index contributed by atoms with van der Waals surface area (Å²) in [7, 11) is 1.37. The molecule has 8 nitrogen and oxygen atoms in total. The van der Waals surface area contributed by atoms with Crippen LogP contribution in [0.2, 0.25) is 0 Å². The van der Waals surface area contributed by atoms with Crippen LogP contribution in [0.5, 0.6) is 0 Å².